The summed E-state index contributed by atoms with van der Waals surface area (Å²) in [6.07, 6.45) is 0.842. The molecule has 1 aromatic rings. The van der Waals surface area contributed by atoms with E-state index in [-0.39, 0.29) is 0 Å². The maximum atomic E-state index is 6.08. The first-order chi connectivity index (χ1) is 9.77. The van der Waals surface area contributed by atoms with Crippen LogP contribution in [0.25, 0.3) is 0 Å². The van der Waals surface area contributed by atoms with Crippen LogP contribution in [0.2, 0.25) is 5.02 Å². The number of ether oxygens (including phenoxy) is 3. The van der Waals surface area contributed by atoms with E-state index in [9.17, 15) is 0 Å². The topological polar surface area (TPSA) is 52.6 Å². The van der Waals surface area contributed by atoms with E-state index >= 15 is 0 Å². The highest BCUT2D eigenvalue weighted by molar-refractivity contribution is 6.31. The van der Waals surface area contributed by atoms with Crippen LogP contribution >= 0.6 is 11.6 Å². The summed E-state index contributed by atoms with van der Waals surface area (Å²) in [5.74, 6) is 0.818. The van der Waals surface area contributed by atoms with Gasteiger partial charge in [0.25, 0.3) is 0 Å². The second kappa shape index (κ2) is 10.9. The second-order valence-corrected chi connectivity index (χ2v) is 4.57. The molecule has 0 aliphatic carbocycles. The summed E-state index contributed by atoms with van der Waals surface area (Å²) >= 11 is 6.08. The third-order valence-electron chi connectivity index (χ3n) is 2.52. The molecule has 0 radical (unpaired) electrons. The van der Waals surface area contributed by atoms with Gasteiger partial charge in [-0.3, -0.25) is 0 Å². The van der Waals surface area contributed by atoms with Crippen LogP contribution in [-0.4, -0.2) is 45.1 Å². The average Bonchev–Trinajstić information content (AvgIpc) is 2.45. The predicted molar refractivity (Wildman–Crippen MR) is 80.4 cm³/mol. The maximum absolute atomic E-state index is 6.08. The molecular weight excluding hydrogens is 280 g/mol. The van der Waals surface area contributed by atoms with Crippen LogP contribution in [0.15, 0.2) is 12.1 Å². The van der Waals surface area contributed by atoms with Crippen molar-refractivity contribution in [3.63, 3.8) is 0 Å². The molecule has 1 rings (SSSR count). The van der Waals surface area contributed by atoms with Gasteiger partial charge in [-0.15, -0.1) is 0 Å². The van der Waals surface area contributed by atoms with E-state index in [1.165, 1.54) is 0 Å². The lowest BCUT2D eigenvalue weighted by atomic mass is 10.3. The number of rotatable bonds is 11. The van der Waals surface area contributed by atoms with E-state index in [4.69, 9.17) is 25.8 Å². The zero-order valence-electron chi connectivity index (χ0n) is 12.2. The van der Waals surface area contributed by atoms with Crippen molar-refractivity contribution in [2.75, 3.05) is 45.4 Å². The Morgan fingerprint density at radius 3 is 2.70 bits per heavy atom. The van der Waals surface area contributed by atoms with Crippen LogP contribution in [0.4, 0.5) is 5.82 Å². The number of aromatic nitrogens is 1. The van der Waals surface area contributed by atoms with Gasteiger partial charge in [0.1, 0.15) is 5.82 Å². The minimum absolute atomic E-state index is 0.413. The molecule has 0 fully saturated rings. The molecule has 0 amide bonds. The van der Waals surface area contributed by atoms with Crippen molar-refractivity contribution in [3.05, 3.63) is 22.8 Å². The fraction of sp³-hybridized carbons (Fsp3) is 0.643. The number of nitrogens with zero attached hydrogens (tertiary/aromatic N) is 1. The Balaban J connectivity index is 2.19. The number of pyridine rings is 1. The van der Waals surface area contributed by atoms with Crippen LogP contribution in [0, 0.1) is 0 Å². The standard InChI is InChI=1S/C14H23ClN2O3/c1-3-16-14-6-5-12(15)13(17-14)11-20-8-4-7-19-10-9-18-2/h5-6H,3-4,7-11H2,1-2H3,(H,16,17). The van der Waals surface area contributed by atoms with Crippen LogP contribution in [-0.2, 0) is 20.8 Å². The molecule has 0 aliphatic heterocycles. The van der Waals surface area contributed by atoms with Gasteiger partial charge in [0.15, 0.2) is 0 Å². The van der Waals surface area contributed by atoms with Crippen molar-refractivity contribution in [1.29, 1.82) is 0 Å². The highest BCUT2D eigenvalue weighted by Gasteiger charge is 2.04. The monoisotopic (exact) mass is 302 g/mol. The normalized spacial score (nSPS) is 10.8. The number of anilines is 1. The molecule has 1 heterocycles. The molecular formula is C14H23ClN2O3. The third-order valence-corrected chi connectivity index (χ3v) is 2.87. The van der Waals surface area contributed by atoms with Gasteiger partial charge in [0.2, 0.25) is 0 Å². The summed E-state index contributed by atoms with van der Waals surface area (Å²) in [5.41, 5.74) is 0.755. The van der Waals surface area contributed by atoms with Crippen LogP contribution < -0.4 is 5.32 Å². The fourth-order valence-corrected chi connectivity index (χ4v) is 1.70. The predicted octanol–water partition coefficient (Wildman–Crippen LogP) is 2.74. The number of nitrogens with one attached hydrogen (secondary N) is 1. The highest BCUT2D eigenvalue weighted by atomic mass is 35.5. The van der Waals surface area contributed by atoms with Gasteiger partial charge in [-0.25, -0.2) is 4.98 Å². The molecule has 0 saturated heterocycles. The zero-order valence-corrected chi connectivity index (χ0v) is 12.9. The highest BCUT2D eigenvalue weighted by Crippen LogP contribution is 2.17. The number of hydrogen-bond donors (Lipinski definition) is 1. The van der Waals surface area contributed by atoms with Crippen LogP contribution in [0.3, 0.4) is 0 Å². The quantitative estimate of drug-likeness (QED) is 0.637. The second-order valence-electron chi connectivity index (χ2n) is 4.17. The zero-order chi connectivity index (χ0) is 14.6. The van der Waals surface area contributed by atoms with Crippen LogP contribution in [0.1, 0.15) is 19.0 Å². The summed E-state index contributed by atoms with van der Waals surface area (Å²) in [4.78, 5) is 4.40. The Hall–Kier alpha value is -0.880. The fourth-order valence-electron chi connectivity index (χ4n) is 1.54. The molecule has 1 N–H and O–H groups in total. The number of methoxy groups -OCH3 is 1. The van der Waals surface area contributed by atoms with Gasteiger partial charge in [-0.05, 0) is 25.5 Å². The SMILES string of the molecule is CCNc1ccc(Cl)c(COCCCOCCOC)n1. The summed E-state index contributed by atoms with van der Waals surface area (Å²) in [5, 5.41) is 3.78. The first-order valence-electron chi connectivity index (χ1n) is 6.81. The minimum Gasteiger partial charge on any atom is -0.382 e. The van der Waals surface area contributed by atoms with Gasteiger partial charge in [-0.2, -0.15) is 0 Å². The van der Waals surface area contributed by atoms with E-state index in [0.29, 0.717) is 38.1 Å². The molecule has 6 heteroatoms. The molecule has 0 spiro atoms. The van der Waals surface area contributed by atoms with Crippen molar-refractivity contribution < 1.29 is 14.2 Å². The summed E-state index contributed by atoms with van der Waals surface area (Å²) in [6, 6.07) is 3.69. The lowest BCUT2D eigenvalue weighted by Gasteiger charge is -2.08. The first kappa shape index (κ1) is 17.2. The molecule has 0 saturated carbocycles. The smallest absolute Gasteiger partial charge is 0.126 e. The van der Waals surface area contributed by atoms with E-state index in [2.05, 4.69) is 10.3 Å². The number of hydrogen-bond acceptors (Lipinski definition) is 5. The molecule has 5 nitrogen and oxygen atoms in total. The summed E-state index contributed by atoms with van der Waals surface area (Å²) in [7, 11) is 1.66. The van der Waals surface area contributed by atoms with Crippen molar-refractivity contribution in [2.45, 2.75) is 20.0 Å². The van der Waals surface area contributed by atoms with Gasteiger partial charge in [0.05, 0.1) is 30.5 Å². The number of halogens is 1. The molecule has 20 heavy (non-hydrogen) atoms. The lowest BCUT2D eigenvalue weighted by Crippen LogP contribution is -2.07. The molecule has 0 aliphatic rings. The van der Waals surface area contributed by atoms with Gasteiger partial charge in [0, 0.05) is 26.9 Å². The first-order valence-corrected chi connectivity index (χ1v) is 7.19. The maximum Gasteiger partial charge on any atom is 0.126 e. The van der Waals surface area contributed by atoms with E-state index < -0.39 is 0 Å². The molecule has 0 unspecified atom stereocenters. The largest absolute Gasteiger partial charge is 0.382 e. The molecule has 114 valence electrons. The molecule has 0 bridgehead atoms. The van der Waals surface area contributed by atoms with Crippen molar-refractivity contribution >= 4 is 17.4 Å². The van der Waals surface area contributed by atoms with E-state index in [0.717, 1.165) is 24.5 Å². The Bertz CT molecular complexity index is 377. The Kier molecular flexibility index (Phi) is 9.32. The van der Waals surface area contributed by atoms with E-state index in [1.807, 2.05) is 19.1 Å². The van der Waals surface area contributed by atoms with Crippen molar-refractivity contribution in [2.24, 2.45) is 0 Å². The lowest BCUT2D eigenvalue weighted by molar-refractivity contribution is 0.0478. The minimum atomic E-state index is 0.413. The molecule has 1 aromatic heterocycles. The summed E-state index contributed by atoms with van der Waals surface area (Å²) in [6.45, 7) is 5.80. The van der Waals surface area contributed by atoms with E-state index in [1.54, 1.807) is 7.11 Å². The molecule has 0 aromatic carbocycles. The Labute approximate surface area is 125 Å². The van der Waals surface area contributed by atoms with Crippen molar-refractivity contribution in [3.8, 4) is 0 Å². The molecule has 0 atom stereocenters. The average molecular weight is 303 g/mol. The van der Waals surface area contributed by atoms with Crippen molar-refractivity contribution in [1.82, 2.24) is 4.98 Å². The van der Waals surface area contributed by atoms with Gasteiger partial charge in [-0.1, -0.05) is 11.6 Å². The Morgan fingerprint density at radius 1 is 1.15 bits per heavy atom. The third kappa shape index (κ3) is 7.05. The van der Waals surface area contributed by atoms with Gasteiger partial charge >= 0.3 is 0 Å². The van der Waals surface area contributed by atoms with Gasteiger partial charge < -0.3 is 19.5 Å². The Morgan fingerprint density at radius 2 is 1.95 bits per heavy atom. The summed E-state index contributed by atoms with van der Waals surface area (Å²) < 4.78 is 15.8. The van der Waals surface area contributed by atoms with Crippen LogP contribution in [0.5, 0.6) is 0 Å².